The molecule has 0 radical (unpaired) electrons. The van der Waals surface area contributed by atoms with Crippen molar-refractivity contribution >= 4 is 27.5 Å². The van der Waals surface area contributed by atoms with Crippen molar-refractivity contribution in [1.82, 2.24) is 9.88 Å². The number of carbonyl (C=O) groups is 1. The van der Waals surface area contributed by atoms with Gasteiger partial charge in [-0.25, -0.2) is 0 Å². The predicted molar refractivity (Wildman–Crippen MR) is 107 cm³/mol. The zero-order chi connectivity index (χ0) is 17.7. The standard InChI is InChI=1S/C22H24N2OS/c1-14-2-4-15(5-3-14)13-24-20(12-18-8-9-26-22(18)24)21(25)23-19-11-16-6-7-17(19)10-16/h2-5,8-9,12,16-17,19H,6-7,10-11,13H2,1H3,(H,23,25)/t16-,17-,19+/m0/s1. The van der Waals surface area contributed by atoms with Crippen molar-refractivity contribution in [2.24, 2.45) is 11.8 Å². The fourth-order valence-electron chi connectivity index (χ4n) is 4.86. The molecule has 3 atom stereocenters. The van der Waals surface area contributed by atoms with Crippen LogP contribution in [0.15, 0.2) is 41.8 Å². The largest absolute Gasteiger partial charge is 0.348 e. The van der Waals surface area contributed by atoms with Crippen molar-refractivity contribution in [2.75, 3.05) is 0 Å². The Morgan fingerprint density at radius 2 is 2.04 bits per heavy atom. The quantitative estimate of drug-likeness (QED) is 0.696. The number of thiophene rings is 1. The molecule has 2 aliphatic rings. The minimum absolute atomic E-state index is 0.0954. The second-order valence-corrected chi connectivity index (χ2v) is 8.93. The molecule has 134 valence electrons. The Bertz CT molecular complexity index is 952. The van der Waals surface area contributed by atoms with E-state index in [-0.39, 0.29) is 5.91 Å². The van der Waals surface area contributed by atoms with Gasteiger partial charge in [-0.3, -0.25) is 4.79 Å². The number of nitrogens with one attached hydrogen (secondary N) is 1. The highest BCUT2D eigenvalue weighted by atomic mass is 32.1. The van der Waals surface area contributed by atoms with Crippen molar-refractivity contribution < 1.29 is 4.79 Å². The third-order valence-electron chi connectivity index (χ3n) is 6.25. The molecule has 2 aromatic heterocycles. The van der Waals surface area contributed by atoms with E-state index in [9.17, 15) is 4.79 Å². The van der Waals surface area contributed by atoms with E-state index in [1.165, 1.54) is 47.0 Å². The van der Waals surface area contributed by atoms with Crippen LogP contribution in [0, 0.1) is 18.8 Å². The van der Waals surface area contributed by atoms with Crippen LogP contribution in [0.4, 0.5) is 0 Å². The molecule has 5 rings (SSSR count). The predicted octanol–water partition coefficient (Wildman–Crippen LogP) is 4.98. The maximum atomic E-state index is 13.1. The number of benzene rings is 1. The highest BCUT2D eigenvalue weighted by molar-refractivity contribution is 7.16. The van der Waals surface area contributed by atoms with Gasteiger partial charge in [0.25, 0.3) is 5.91 Å². The van der Waals surface area contributed by atoms with Gasteiger partial charge < -0.3 is 9.88 Å². The topological polar surface area (TPSA) is 34.0 Å². The third kappa shape index (κ3) is 2.77. The smallest absolute Gasteiger partial charge is 0.268 e. The van der Waals surface area contributed by atoms with Crippen LogP contribution < -0.4 is 5.32 Å². The number of aryl methyl sites for hydroxylation is 1. The molecule has 3 nitrogen and oxygen atoms in total. The number of rotatable bonds is 4. The first-order chi connectivity index (χ1) is 12.7. The SMILES string of the molecule is Cc1ccc(Cn2c(C(=O)N[C@@H]3C[C@H]4CC[C@H]3C4)cc3ccsc32)cc1. The molecule has 2 saturated carbocycles. The summed E-state index contributed by atoms with van der Waals surface area (Å²) in [5, 5.41) is 6.63. The highest BCUT2D eigenvalue weighted by Crippen LogP contribution is 2.44. The van der Waals surface area contributed by atoms with Gasteiger partial charge in [0.2, 0.25) is 0 Å². The fraction of sp³-hybridized carbons (Fsp3) is 0.409. The number of fused-ring (bicyclic) bond motifs is 3. The molecule has 1 N–H and O–H groups in total. The Morgan fingerprint density at radius 3 is 2.77 bits per heavy atom. The van der Waals surface area contributed by atoms with Gasteiger partial charge in [0, 0.05) is 18.0 Å². The molecular weight excluding hydrogens is 340 g/mol. The molecule has 1 amide bonds. The molecule has 0 spiro atoms. The number of nitrogens with zero attached hydrogens (tertiary/aromatic N) is 1. The van der Waals surface area contributed by atoms with Gasteiger partial charge in [-0.2, -0.15) is 0 Å². The molecule has 2 fully saturated rings. The van der Waals surface area contributed by atoms with Crippen LogP contribution in [-0.4, -0.2) is 16.5 Å². The summed E-state index contributed by atoms with van der Waals surface area (Å²) < 4.78 is 2.19. The maximum absolute atomic E-state index is 13.1. The summed E-state index contributed by atoms with van der Waals surface area (Å²) in [6, 6.07) is 13.1. The van der Waals surface area contributed by atoms with E-state index in [0.29, 0.717) is 12.0 Å². The number of hydrogen-bond donors (Lipinski definition) is 1. The Hall–Kier alpha value is -2.07. The van der Waals surface area contributed by atoms with Gasteiger partial charge in [-0.15, -0.1) is 11.3 Å². The maximum Gasteiger partial charge on any atom is 0.268 e. The molecule has 0 saturated heterocycles. The lowest BCUT2D eigenvalue weighted by molar-refractivity contribution is 0.0914. The molecule has 0 unspecified atom stereocenters. The van der Waals surface area contributed by atoms with E-state index in [0.717, 1.165) is 18.2 Å². The molecule has 2 heterocycles. The first kappa shape index (κ1) is 16.1. The van der Waals surface area contributed by atoms with Crippen LogP contribution in [0.1, 0.15) is 47.3 Å². The van der Waals surface area contributed by atoms with Gasteiger partial charge in [-0.05, 0) is 61.1 Å². The number of amides is 1. The van der Waals surface area contributed by atoms with Gasteiger partial charge in [0.1, 0.15) is 10.5 Å². The molecule has 2 aliphatic carbocycles. The average Bonchev–Trinajstić information content (AvgIpc) is 3.39. The normalized spacial score (nSPS) is 24.4. The first-order valence-electron chi connectivity index (χ1n) is 9.60. The van der Waals surface area contributed by atoms with Crippen molar-refractivity contribution in [3.63, 3.8) is 0 Å². The molecule has 3 aromatic rings. The highest BCUT2D eigenvalue weighted by Gasteiger charge is 2.40. The van der Waals surface area contributed by atoms with Crippen molar-refractivity contribution in [3.8, 4) is 0 Å². The minimum atomic E-state index is 0.0954. The Kier molecular flexibility index (Phi) is 3.89. The second kappa shape index (κ2) is 6.27. The monoisotopic (exact) mass is 364 g/mol. The zero-order valence-electron chi connectivity index (χ0n) is 15.1. The van der Waals surface area contributed by atoms with E-state index in [1.807, 2.05) is 0 Å². The molecule has 4 heteroatoms. The van der Waals surface area contributed by atoms with E-state index in [4.69, 9.17) is 0 Å². The van der Waals surface area contributed by atoms with Gasteiger partial charge in [0.15, 0.2) is 0 Å². The summed E-state index contributed by atoms with van der Waals surface area (Å²) in [4.78, 5) is 14.3. The van der Waals surface area contributed by atoms with Gasteiger partial charge >= 0.3 is 0 Å². The summed E-state index contributed by atoms with van der Waals surface area (Å²) in [6.07, 6.45) is 5.12. The number of carbonyl (C=O) groups excluding carboxylic acids is 1. The Balaban J connectivity index is 1.44. The molecule has 0 aliphatic heterocycles. The van der Waals surface area contributed by atoms with E-state index >= 15 is 0 Å². The van der Waals surface area contributed by atoms with Crippen molar-refractivity contribution in [1.29, 1.82) is 0 Å². The van der Waals surface area contributed by atoms with Crippen LogP contribution in [0.2, 0.25) is 0 Å². The van der Waals surface area contributed by atoms with E-state index in [1.54, 1.807) is 11.3 Å². The van der Waals surface area contributed by atoms with Crippen LogP contribution in [-0.2, 0) is 6.54 Å². The van der Waals surface area contributed by atoms with Crippen LogP contribution >= 0.6 is 11.3 Å². The molecule has 1 aromatic carbocycles. The minimum Gasteiger partial charge on any atom is -0.348 e. The molecular formula is C22H24N2OS. The van der Waals surface area contributed by atoms with Crippen molar-refractivity contribution in [3.05, 3.63) is 58.6 Å². The van der Waals surface area contributed by atoms with Crippen LogP contribution in [0.3, 0.4) is 0 Å². The summed E-state index contributed by atoms with van der Waals surface area (Å²) in [5.74, 6) is 1.64. The summed E-state index contributed by atoms with van der Waals surface area (Å²) in [5.41, 5.74) is 3.29. The second-order valence-electron chi connectivity index (χ2n) is 8.04. The fourth-order valence-corrected chi connectivity index (χ4v) is 5.76. The van der Waals surface area contributed by atoms with Crippen molar-refractivity contribution in [2.45, 2.75) is 45.2 Å². The third-order valence-corrected chi connectivity index (χ3v) is 7.20. The summed E-state index contributed by atoms with van der Waals surface area (Å²) in [6.45, 7) is 2.84. The van der Waals surface area contributed by atoms with Crippen LogP contribution in [0.5, 0.6) is 0 Å². The molecule has 26 heavy (non-hydrogen) atoms. The number of hydrogen-bond acceptors (Lipinski definition) is 2. The number of aromatic nitrogens is 1. The Morgan fingerprint density at radius 1 is 1.19 bits per heavy atom. The van der Waals surface area contributed by atoms with E-state index < -0.39 is 0 Å². The van der Waals surface area contributed by atoms with Gasteiger partial charge in [-0.1, -0.05) is 36.2 Å². The summed E-state index contributed by atoms with van der Waals surface area (Å²) >= 11 is 1.71. The van der Waals surface area contributed by atoms with Gasteiger partial charge in [0.05, 0.1) is 0 Å². The first-order valence-corrected chi connectivity index (χ1v) is 10.5. The van der Waals surface area contributed by atoms with E-state index in [2.05, 4.69) is 58.6 Å². The summed E-state index contributed by atoms with van der Waals surface area (Å²) in [7, 11) is 0. The Labute approximate surface area is 158 Å². The zero-order valence-corrected chi connectivity index (χ0v) is 15.9. The molecule has 2 bridgehead atoms. The van der Waals surface area contributed by atoms with Crippen LogP contribution in [0.25, 0.3) is 10.2 Å². The lowest BCUT2D eigenvalue weighted by Crippen LogP contribution is -2.39. The average molecular weight is 365 g/mol. The lowest BCUT2D eigenvalue weighted by Gasteiger charge is -2.23. The lowest BCUT2D eigenvalue weighted by atomic mass is 9.95.